The molecule has 128 valence electrons. The molecular weight excluding hydrogens is 352 g/mol. The molecule has 0 spiro atoms. The second-order valence-corrected chi connectivity index (χ2v) is 7.66. The van der Waals surface area contributed by atoms with Crippen LogP contribution in [0, 0.1) is 0 Å². The lowest BCUT2D eigenvalue weighted by Crippen LogP contribution is -2.17. The van der Waals surface area contributed by atoms with Gasteiger partial charge in [-0.15, -0.1) is 11.3 Å². The van der Waals surface area contributed by atoms with E-state index in [1.807, 2.05) is 0 Å². The third kappa shape index (κ3) is 4.87. The molecule has 9 heteroatoms. The molecule has 0 saturated carbocycles. The van der Waals surface area contributed by atoms with Gasteiger partial charge in [-0.05, 0) is 19.1 Å². The highest BCUT2D eigenvalue weighted by Gasteiger charge is 2.17. The number of nitrogens with zero attached hydrogens (tertiary/aromatic N) is 1. The maximum absolute atomic E-state index is 12.1. The summed E-state index contributed by atoms with van der Waals surface area (Å²) in [6.45, 7) is 1.91. The molecule has 1 amide bonds. The first kappa shape index (κ1) is 18.1. The molecule has 0 saturated heterocycles. The molecule has 0 fully saturated rings. The number of ether oxygens (including phenoxy) is 1. The number of rotatable bonds is 7. The second kappa shape index (κ2) is 8.02. The van der Waals surface area contributed by atoms with E-state index in [-0.39, 0.29) is 34.5 Å². The molecular formula is C15H16N2O5S2. The van der Waals surface area contributed by atoms with E-state index in [0.29, 0.717) is 0 Å². The van der Waals surface area contributed by atoms with E-state index in [0.717, 1.165) is 11.3 Å². The number of aromatic nitrogens is 1. The van der Waals surface area contributed by atoms with Crippen LogP contribution >= 0.6 is 11.3 Å². The molecule has 1 aromatic heterocycles. The summed E-state index contributed by atoms with van der Waals surface area (Å²) in [5.41, 5.74) is 0.106. The topological polar surface area (TPSA) is 102 Å². The predicted octanol–water partition coefficient (Wildman–Crippen LogP) is 2.12. The van der Waals surface area contributed by atoms with Gasteiger partial charge in [0, 0.05) is 11.8 Å². The highest BCUT2D eigenvalue weighted by molar-refractivity contribution is 7.91. The van der Waals surface area contributed by atoms with Crippen LogP contribution in [0.4, 0.5) is 5.13 Å². The van der Waals surface area contributed by atoms with Crippen LogP contribution in [-0.2, 0) is 19.4 Å². The van der Waals surface area contributed by atoms with Gasteiger partial charge >= 0.3 is 5.97 Å². The van der Waals surface area contributed by atoms with Gasteiger partial charge in [-0.25, -0.2) is 18.2 Å². The number of nitrogens with one attached hydrogen (secondary N) is 1. The SMILES string of the molecule is CCOC(=O)c1csc(NC(=O)CCS(=O)(=O)c2ccccc2)n1. The number of benzene rings is 1. The molecule has 2 rings (SSSR count). The fourth-order valence-electron chi connectivity index (χ4n) is 1.78. The van der Waals surface area contributed by atoms with Crippen molar-refractivity contribution >= 4 is 38.2 Å². The zero-order chi connectivity index (χ0) is 17.6. The Hall–Kier alpha value is -2.26. The van der Waals surface area contributed by atoms with E-state index in [4.69, 9.17) is 4.74 Å². The van der Waals surface area contributed by atoms with Gasteiger partial charge in [-0.3, -0.25) is 4.79 Å². The molecule has 0 aliphatic rings. The second-order valence-electron chi connectivity index (χ2n) is 4.69. The van der Waals surface area contributed by atoms with Crippen LogP contribution in [-0.4, -0.2) is 37.6 Å². The van der Waals surface area contributed by atoms with Crippen molar-refractivity contribution in [3.63, 3.8) is 0 Å². The van der Waals surface area contributed by atoms with E-state index in [9.17, 15) is 18.0 Å². The first-order chi connectivity index (χ1) is 11.4. The third-order valence-corrected chi connectivity index (χ3v) is 5.42. The minimum absolute atomic E-state index is 0.106. The number of carbonyl (C=O) groups excluding carboxylic acids is 2. The molecule has 1 N–H and O–H groups in total. The smallest absolute Gasteiger partial charge is 0.357 e. The van der Waals surface area contributed by atoms with Crippen molar-refractivity contribution in [1.82, 2.24) is 4.98 Å². The van der Waals surface area contributed by atoms with Crippen molar-refractivity contribution in [2.45, 2.75) is 18.2 Å². The van der Waals surface area contributed by atoms with Crippen LogP contribution in [0.1, 0.15) is 23.8 Å². The molecule has 1 heterocycles. The van der Waals surface area contributed by atoms with Gasteiger partial charge in [0.15, 0.2) is 20.7 Å². The number of sulfone groups is 1. The number of anilines is 1. The van der Waals surface area contributed by atoms with Crippen molar-refractivity contribution in [1.29, 1.82) is 0 Å². The van der Waals surface area contributed by atoms with Gasteiger partial charge < -0.3 is 10.1 Å². The van der Waals surface area contributed by atoms with Crippen molar-refractivity contribution < 1.29 is 22.7 Å². The van der Waals surface area contributed by atoms with E-state index in [1.54, 1.807) is 25.1 Å². The number of hydrogen-bond acceptors (Lipinski definition) is 7. The van der Waals surface area contributed by atoms with Gasteiger partial charge in [-0.2, -0.15) is 0 Å². The average Bonchev–Trinajstić information content (AvgIpc) is 3.03. The Balaban J connectivity index is 1.91. The highest BCUT2D eigenvalue weighted by Crippen LogP contribution is 2.17. The zero-order valence-corrected chi connectivity index (χ0v) is 14.5. The van der Waals surface area contributed by atoms with Crippen molar-refractivity contribution in [2.75, 3.05) is 17.7 Å². The zero-order valence-electron chi connectivity index (χ0n) is 12.9. The first-order valence-corrected chi connectivity index (χ1v) is 9.66. The predicted molar refractivity (Wildman–Crippen MR) is 89.8 cm³/mol. The molecule has 0 radical (unpaired) electrons. The van der Waals surface area contributed by atoms with Crippen LogP contribution in [0.25, 0.3) is 0 Å². The Kier molecular flexibility index (Phi) is 6.04. The number of carbonyl (C=O) groups is 2. The molecule has 0 aliphatic heterocycles. The van der Waals surface area contributed by atoms with Gasteiger partial charge in [0.1, 0.15) is 0 Å². The molecule has 7 nitrogen and oxygen atoms in total. The van der Waals surface area contributed by atoms with E-state index >= 15 is 0 Å². The lowest BCUT2D eigenvalue weighted by molar-refractivity contribution is -0.115. The Morgan fingerprint density at radius 3 is 2.62 bits per heavy atom. The van der Waals surface area contributed by atoms with Crippen LogP contribution in [0.2, 0.25) is 0 Å². The summed E-state index contributed by atoms with van der Waals surface area (Å²) in [4.78, 5) is 27.5. The normalized spacial score (nSPS) is 11.0. The summed E-state index contributed by atoms with van der Waals surface area (Å²) in [5.74, 6) is -1.36. The van der Waals surface area contributed by atoms with Gasteiger partial charge in [-0.1, -0.05) is 18.2 Å². The Morgan fingerprint density at radius 1 is 1.25 bits per heavy atom. The van der Waals surface area contributed by atoms with Crippen LogP contribution in [0.3, 0.4) is 0 Å². The Labute approximate surface area is 143 Å². The van der Waals surface area contributed by atoms with E-state index < -0.39 is 21.7 Å². The van der Waals surface area contributed by atoms with Gasteiger partial charge in [0.25, 0.3) is 0 Å². The third-order valence-electron chi connectivity index (χ3n) is 2.94. The standard InChI is InChI=1S/C15H16N2O5S2/c1-2-22-14(19)12-10-23-15(16-12)17-13(18)8-9-24(20,21)11-6-4-3-5-7-11/h3-7,10H,2,8-9H2,1H3,(H,16,17,18). The fourth-order valence-corrected chi connectivity index (χ4v) is 3.74. The summed E-state index contributed by atoms with van der Waals surface area (Å²) in [6, 6.07) is 7.94. The number of esters is 1. The number of thiazole rings is 1. The Bertz CT molecular complexity index is 815. The maximum atomic E-state index is 12.1. The quantitative estimate of drug-likeness (QED) is 0.751. The fraction of sp³-hybridized carbons (Fsp3) is 0.267. The van der Waals surface area contributed by atoms with Gasteiger partial charge in [0.05, 0.1) is 17.3 Å². The van der Waals surface area contributed by atoms with Crippen molar-refractivity contribution in [3.8, 4) is 0 Å². The Morgan fingerprint density at radius 2 is 1.96 bits per heavy atom. The van der Waals surface area contributed by atoms with E-state index in [1.165, 1.54) is 17.5 Å². The van der Waals surface area contributed by atoms with Crippen molar-refractivity contribution in [2.24, 2.45) is 0 Å². The molecule has 0 aliphatic carbocycles. The lowest BCUT2D eigenvalue weighted by Gasteiger charge is -2.04. The minimum Gasteiger partial charge on any atom is -0.461 e. The molecule has 0 unspecified atom stereocenters. The summed E-state index contributed by atoms with van der Waals surface area (Å²) >= 11 is 1.07. The lowest BCUT2D eigenvalue weighted by atomic mass is 10.4. The summed E-state index contributed by atoms with van der Waals surface area (Å²) in [6.07, 6.45) is -0.203. The maximum Gasteiger partial charge on any atom is 0.357 e. The highest BCUT2D eigenvalue weighted by atomic mass is 32.2. The van der Waals surface area contributed by atoms with Crippen LogP contribution in [0.15, 0.2) is 40.6 Å². The number of hydrogen-bond donors (Lipinski definition) is 1. The summed E-state index contributed by atoms with van der Waals surface area (Å²) in [7, 11) is -3.52. The van der Waals surface area contributed by atoms with Gasteiger partial charge in [0.2, 0.25) is 5.91 Å². The molecule has 0 bridgehead atoms. The van der Waals surface area contributed by atoms with Crippen LogP contribution in [0.5, 0.6) is 0 Å². The number of amides is 1. The molecule has 0 atom stereocenters. The molecule has 2 aromatic rings. The first-order valence-electron chi connectivity index (χ1n) is 7.12. The molecule has 24 heavy (non-hydrogen) atoms. The molecule has 1 aromatic carbocycles. The monoisotopic (exact) mass is 368 g/mol. The minimum atomic E-state index is -3.52. The summed E-state index contributed by atoms with van der Waals surface area (Å²) in [5, 5.41) is 4.17. The van der Waals surface area contributed by atoms with Crippen molar-refractivity contribution in [3.05, 3.63) is 41.4 Å². The largest absolute Gasteiger partial charge is 0.461 e. The van der Waals surface area contributed by atoms with E-state index in [2.05, 4.69) is 10.3 Å². The van der Waals surface area contributed by atoms with Crippen LogP contribution < -0.4 is 5.32 Å². The average molecular weight is 368 g/mol. The summed E-state index contributed by atoms with van der Waals surface area (Å²) < 4.78 is 29.0.